The molecule has 0 unspecified atom stereocenters. The summed E-state index contributed by atoms with van der Waals surface area (Å²) in [5.74, 6) is 0.253. The summed E-state index contributed by atoms with van der Waals surface area (Å²) in [6.07, 6.45) is 1.70. The van der Waals surface area contributed by atoms with Crippen molar-refractivity contribution in [1.82, 2.24) is 0 Å². The van der Waals surface area contributed by atoms with Gasteiger partial charge in [-0.25, -0.2) is 0 Å². The lowest BCUT2D eigenvalue weighted by Crippen LogP contribution is -2.22. The number of nitrogens with zero attached hydrogens (tertiary/aromatic N) is 1. The SMILES string of the molecule is O=[N+]([O-])CC1CCOCC1. The Morgan fingerprint density at radius 3 is 2.60 bits per heavy atom. The van der Waals surface area contributed by atoms with Gasteiger partial charge in [0, 0.05) is 24.1 Å². The van der Waals surface area contributed by atoms with Gasteiger partial charge in [-0.3, -0.25) is 10.1 Å². The number of ether oxygens (including phenoxy) is 1. The van der Waals surface area contributed by atoms with Crippen molar-refractivity contribution in [3.63, 3.8) is 0 Å². The zero-order chi connectivity index (χ0) is 7.40. The van der Waals surface area contributed by atoms with Crippen LogP contribution in [0.25, 0.3) is 0 Å². The predicted octanol–water partition coefficient (Wildman–Crippen LogP) is 0.690. The zero-order valence-corrected chi connectivity index (χ0v) is 5.78. The normalized spacial score (nSPS) is 20.8. The van der Waals surface area contributed by atoms with Crippen LogP contribution in [0.3, 0.4) is 0 Å². The van der Waals surface area contributed by atoms with E-state index in [1.54, 1.807) is 0 Å². The van der Waals surface area contributed by atoms with Gasteiger partial charge in [0.2, 0.25) is 6.54 Å². The standard InChI is InChI=1S/C6H11NO3/c8-7(9)5-6-1-3-10-4-2-6/h6H,1-5H2. The third-order valence-electron chi connectivity index (χ3n) is 1.75. The van der Waals surface area contributed by atoms with Gasteiger partial charge in [-0.05, 0) is 12.8 Å². The van der Waals surface area contributed by atoms with Gasteiger partial charge in [0.1, 0.15) is 0 Å². The van der Waals surface area contributed by atoms with Crippen molar-refractivity contribution in [2.24, 2.45) is 5.92 Å². The van der Waals surface area contributed by atoms with E-state index in [-0.39, 0.29) is 17.4 Å². The summed E-state index contributed by atoms with van der Waals surface area (Å²) in [7, 11) is 0. The average Bonchev–Trinajstić information content (AvgIpc) is 1.88. The first-order valence-corrected chi connectivity index (χ1v) is 3.48. The molecule has 0 aliphatic carbocycles. The van der Waals surface area contributed by atoms with Gasteiger partial charge in [-0.15, -0.1) is 0 Å². The van der Waals surface area contributed by atoms with Crippen LogP contribution in [0.2, 0.25) is 0 Å². The molecule has 58 valence electrons. The van der Waals surface area contributed by atoms with E-state index in [9.17, 15) is 10.1 Å². The van der Waals surface area contributed by atoms with E-state index in [1.807, 2.05) is 0 Å². The smallest absolute Gasteiger partial charge is 0.206 e. The van der Waals surface area contributed by atoms with E-state index in [0.29, 0.717) is 13.2 Å². The van der Waals surface area contributed by atoms with Crippen molar-refractivity contribution in [3.05, 3.63) is 10.1 Å². The van der Waals surface area contributed by atoms with Crippen LogP contribution in [-0.2, 0) is 4.74 Å². The Morgan fingerprint density at radius 1 is 1.50 bits per heavy atom. The van der Waals surface area contributed by atoms with Crippen LogP contribution in [0.4, 0.5) is 0 Å². The summed E-state index contributed by atoms with van der Waals surface area (Å²) in [6, 6.07) is 0. The van der Waals surface area contributed by atoms with Gasteiger partial charge in [-0.2, -0.15) is 0 Å². The van der Waals surface area contributed by atoms with Crippen molar-refractivity contribution in [1.29, 1.82) is 0 Å². The van der Waals surface area contributed by atoms with Crippen LogP contribution in [0.5, 0.6) is 0 Å². The van der Waals surface area contributed by atoms with Crippen molar-refractivity contribution in [3.8, 4) is 0 Å². The number of hydrogen-bond acceptors (Lipinski definition) is 3. The maximum atomic E-state index is 10.0. The molecule has 1 aliphatic heterocycles. The third-order valence-corrected chi connectivity index (χ3v) is 1.75. The van der Waals surface area contributed by atoms with Crippen molar-refractivity contribution >= 4 is 0 Å². The quantitative estimate of drug-likeness (QED) is 0.424. The third kappa shape index (κ3) is 2.31. The lowest BCUT2D eigenvalue weighted by molar-refractivity contribution is -0.489. The molecule has 0 bridgehead atoms. The molecule has 0 spiro atoms. The second-order valence-electron chi connectivity index (χ2n) is 2.57. The monoisotopic (exact) mass is 145 g/mol. The highest BCUT2D eigenvalue weighted by molar-refractivity contribution is 4.61. The molecule has 0 aromatic carbocycles. The van der Waals surface area contributed by atoms with Gasteiger partial charge in [0.05, 0.1) is 0 Å². The number of rotatable bonds is 2. The molecule has 0 N–H and O–H groups in total. The highest BCUT2D eigenvalue weighted by Crippen LogP contribution is 2.13. The lowest BCUT2D eigenvalue weighted by atomic mass is 10.0. The topological polar surface area (TPSA) is 52.4 Å². The molecule has 4 heteroatoms. The van der Waals surface area contributed by atoms with Crippen molar-refractivity contribution < 1.29 is 9.66 Å². The van der Waals surface area contributed by atoms with Crippen LogP contribution in [0, 0.1) is 16.0 Å². The van der Waals surface area contributed by atoms with E-state index < -0.39 is 0 Å². The summed E-state index contributed by atoms with van der Waals surface area (Å²) in [6.45, 7) is 1.50. The number of nitro groups is 1. The maximum absolute atomic E-state index is 10.0. The van der Waals surface area contributed by atoms with Gasteiger partial charge < -0.3 is 4.74 Å². The number of hydrogen-bond donors (Lipinski definition) is 0. The average molecular weight is 145 g/mol. The van der Waals surface area contributed by atoms with E-state index in [0.717, 1.165) is 12.8 Å². The second-order valence-corrected chi connectivity index (χ2v) is 2.57. The molecule has 1 aliphatic rings. The van der Waals surface area contributed by atoms with E-state index >= 15 is 0 Å². The van der Waals surface area contributed by atoms with Gasteiger partial charge >= 0.3 is 0 Å². The molecule has 0 atom stereocenters. The van der Waals surface area contributed by atoms with Gasteiger partial charge in [0.15, 0.2) is 0 Å². The lowest BCUT2D eigenvalue weighted by Gasteiger charge is -2.17. The fraction of sp³-hybridized carbons (Fsp3) is 1.00. The molecule has 0 radical (unpaired) electrons. The summed E-state index contributed by atoms with van der Waals surface area (Å²) in [5, 5.41) is 10.0. The molecule has 1 saturated heterocycles. The Bertz CT molecular complexity index is 120. The van der Waals surface area contributed by atoms with Crippen molar-refractivity contribution in [2.45, 2.75) is 12.8 Å². The maximum Gasteiger partial charge on any atom is 0.206 e. The van der Waals surface area contributed by atoms with E-state index in [4.69, 9.17) is 4.74 Å². The van der Waals surface area contributed by atoms with E-state index in [2.05, 4.69) is 0 Å². The molecule has 0 saturated carbocycles. The van der Waals surface area contributed by atoms with Gasteiger partial charge in [-0.1, -0.05) is 0 Å². The minimum atomic E-state index is -0.240. The summed E-state index contributed by atoms with van der Waals surface area (Å²) in [4.78, 5) is 9.79. The Kier molecular flexibility index (Phi) is 2.62. The van der Waals surface area contributed by atoms with E-state index in [1.165, 1.54) is 0 Å². The van der Waals surface area contributed by atoms with Crippen LogP contribution < -0.4 is 0 Å². The predicted molar refractivity (Wildman–Crippen MR) is 35.4 cm³/mol. The first kappa shape index (κ1) is 7.47. The van der Waals surface area contributed by atoms with Crippen LogP contribution in [0.1, 0.15) is 12.8 Å². The largest absolute Gasteiger partial charge is 0.381 e. The fourth-order valence-corrected chi connectivity index (χ4v) is 1.14. The molecular formula is C6H11NO3. The minimum absolute atomic E-state index is 0.114. The highest BCUT2D eigenvalue weighted by atomic mass is 16.6. The first-order chi connectivity index (χ1) is 4.79. The Labute approximate surface area is 59.3 Å². The molecule has 1 fully saturated rings. The van der Waals surface area contributed by atoms with Crippen molar-refractivity contribution in [2.75, 3.05) is 19.8 Å². The summed E-state index contributed by atoms with van der Waals surface area (Å²) in [5.41, 5.74) is 0. The highest BCUT2D eigenvalue weighted by Gasteiger charge is 2.18. The first-order valence-electron chi connectivity index (χ1n) is 3.48. The minimum Gasteiger partial charge on any atom is -0.381 e. The molecule has 0 aromatic heterocycles. The Hall–Kier alpha value is -0.640. The Balaban J connectivity index is 2.19. The molecule has 1 heterocycles. The van der Waals surface area contributed by atoms with Gasteiger partial charge in [0.25, 0.3) is 0 Å². The van der Waals surface area contributed by atoms with Crippen LogP contribution >= 0.6 is 0 Å². The molecular weight excluding hydrogens is 134 g/mol. The molecule has 1 rings (SSSR count). The molecule has 0 amide bonds. The van der Waals surface area contributed by atoms with Crippen LogP contribution in [-0.4, -0.2) is 24.7 Å². The summed E-state index contributed by atoms with van der Waals surface area (Å²) >= 11 is 0. The molecule has 4 nitrogen and oxygen atoms in total. The fourth-order valence-electron chi connectivity index (χ4n) is 1.14. The molecule has 10 heavy (non-hydrogen) atoms. The Morgan fingerprint density at radius 2 is 2.10 bits per heavy atom. The molecule has 0 aromatic rings. The zero-order valence-electron chi connectivity index (χ0n) is 5.78. The second kappa shape index (κ2) is 3.51. The van der Waals surface area contributed by atoms with Crippen LogP contribution in [0.15, 0.2) is 0 Å². The summed E-state index contributed by atoms with van der Waals surface area (Å²) < 4.78 is 5.06.